The van der Waals surface area contributed by atoms with E-state index in [1.54, 1.807) is 6.92 Å². The number of unbranched alkanes of at least 4 members (excludes halogenated alkanes) is 3. The summed E-state index contributed by atoms with van der Waals surface area (Å²) in [6, 6.07) is 0. The Kier molecular flexibility index (Phi) is 6.95. The van der Waals surface area contributed by atoms with Crippen molar-refractivity contribution >= 4 is 18.2 Å². The van der Waals surface area contributed by atoms with Crippen LogP contribution in [0.5, 0.6) is 5.75 Å². The van der Waals surface area contributed by atoms with Gasteiger partial charge in [0, 0.05) is 16.7 Å². The molecule has 0 saturated heterocycles. The number of aldehydes is 1. The number of cyclic esters (lactones) is 1. The molecule has 0 aromatic heterocycles. The summed E-state index contributed by atoms with van der Waals surface area (Å²) in [5.41, 5.74) is 3.22. The Labute approximate surface area is 176 Å². The SMILES string of the molecule is CCCCCCC(C(=O)O)[C@H]1CCC1=CCc1c(O)c2c(c(C)c1C=O)COC2=O. The number of carboxylic acids is 1. The molecular formula is C24H30O6. The average Bonchev–Trinajstić information content (AvgIpc) is 3.09. The number of carboxylic acid groups (broad SMARTS) is 1. The van der Waals surface area contributed by atoms with E-state index in [2.05, 4.69) is 6.92 Å². The number of carbonyl (C=O) groups is 3. The minimum atomic E-state index is -0.755. The van der Waals surface area contributed by atoms with Gasteiger partial charge < -0.3 is 14.9 Å². The topological polar surface area (TPSA) is 101 Å². The van der Waals surface area contributed by atoms with E-state index in [9.17, 15) is 24.6 Å². The van der Waals surface area contributed by atoms with E-state index in [-0.39, 0.29) is 30.3 Å². The van der Waals surface area contributed by atoms with Gasteiger partial charge in [-0.3, -0.25) is 9.59 Å². The molecule has 1 fully saturated rings. The Bertz CT molecular complexity index is 882. The summed E-state index contributed by atoms with van der Waals surface area (Å²) < 4.78 is 5.03. The van der Waals surface area contributed by atoms with E-state index in [0.29, 0.717) is 35.0 Å². The predicted octanol–water partition coefficient (Wildman–Crippen LogP) is 4.73. The molecule has 0 spiro atoms. The maximum absolute atomic E-state index is 12.0. The van der Waals surface area contributed by atoms with Gasteiger partial charge in [0.1, 0.15) is 17.9 Å². The fourth-order valence-electron chi connectivity index (χ4n) is 4.69. The second kappa shape index (κ2) is 9.45. The van der Waals surface area contributed by atoms with Gasteiger partial charge in [0.05, 0.1) is 5.92 Å². The molecule has 2 N–H and O–H groups in total. The smallest absolute Gasteiger partial charge is 0.342 e. The number of ether oxygens (including phenoxy) is 1. The number of esters is 1. The number of hydrogen-bond acceptors (Lipinski definition) is 5. The highest BCUT2D eigenvalue weighted by Gasteiger charge is 2.36. The van der Waals surface area contributed by atoms with E-state index in [1.165, 1.54) is 0 Å². The van der Waals surface area contributed by atoms with Crippen molar-refractivity contribution in [3.8, 4) is 5.75 Å². The molecule has 0 radical (unpaired) electrons. The first-order chi connectivity index (χ1) is 14.4. The molecule has 1 aliphatic heterocycles. The molecule has 1 unspecified atom stereocenters. The van der Waals surface area contributed by atoms with Crippen LogP contribution in [-0.4, -0.2) is 28.4 Å². The molecule has 30 heavy (non-hydrogen) atoms. The number of allylic oxidation sites excluding steroid dienone is 2. The molecule has 2 aliphatic rings. The van der Waals surface area contributed by atoms with Crippen LogP contribution in [-0.2, 0) is 22.6 Å². The largest absolute Gasteiger partial charge is 0.507 e. The van der Waals surface area contributed by atoms with Gasteiger partial charge in [-0.05, 0) is 44.1 Å². The van der Waals surface area contributed by atoms with E-state index in [0.717, 1.165) is 44.1 Å². The van der Waals surface area contributed by atoms with Crippen LogP contribution in [0.25, 0.3) is 0 Å². The second-order valence-electron chi connectivity index (χ2n) is 8.34. The lowest BCUT2D eigenvalue weighted by atomic mass is 9.69. The van der Waals surface area contributed by atoms with Gasteiger partial charge in [-0.2, -0.15) is 0 Å². The van der Waals surface area contributed by atoms with E-state index in [1.807, 2.05) is 6.08 Å². The number of fused-ring (bicyclic) bond motifs is 1. The number of aromatic hydroxyl groups is 1. The molecule has 6 nitrogen and oxygen atoms in total. The maximum atomic E-state index is 12.0. The number of aliphatic carboxylic acids is 1. The number of hydrogen-bond donors (Lipinski definition) is 2. The van der Waals surface area contributed by atoms with E-state index in [4.69, 9.17) is 4.74 Å². The van der Waals surface area contributed by atoms with Crippen molar-refractivity contribution in [2.45, 2.75) is 71.8 Å². The van der Waals surface area contributed by atoms with Crippen molar-refractivity contribution in [1.29, 1.82) is 0 Å². The van der Waals surface area contributed by atoms with Crippen LogP contribution in [0.3, 0.4) is 0 Å². The fourth-order valence-corrected chi connectivity index (χ4v) is 4.69. The Morgan fingerprint density at radius 1 is 1.30 bits per heavy atom. The summed E-state index contributed by atoms with van der Waals surface area (Å²) in [5.74, 6) is -1.91. The van der Waals surface area contributed by atoms with E-state index >= 15 is 0 Å². The highest BCUT2D eigenvalue weighted by molar-refractivity contribution is 5.99. The second-order valence-corrected chi connectivity index (χ2v) is 8.34. The zero-order valence-corrected chi connectivity index (χ0v) is 17.7. The summed E-state index contributed by atoms with van der Waals surface area (Å²) in [4.78, 5) is 35.5. The molecule has 6 heteroatoms. The Hall–Kier alpha value is -2.63. The van der Waals surface area contributed by atoms with Crippen LogP contribution < -0.4 is 0 Å². The van der Waals surface area contributed by atoms with Crippen LogP contribution >= 0.6 is 0 Å². The van der Waals surface area contributed by atoms with Gasteiger partial charge in [0.25, 0.3) is 0 Å². The zero-order valence-electron chi connectivity index (χ0n) is 17.7. The lowest BCUT2D eigenvalue weighted by molar-refractivity contribution is -0.144. The minimum absolute atomic E-state index is 0.00596. The highest BCUT2D eigenvalue weighted by atomic mass is 16.5. The van der Waals surface area contributed by atoms with Crippen molar-refractivity contribution in [2.24, 2.45) is 11.8 Å². The standard InChI is InChI=1S/C24H30O6/c1-3-4-5-6-7-18(23(27)28)16-10-8-15(16)9-11-17-19(12-25)14(2)20-13-30-24(29)21(20)22(17)26/h9,12,16,18,26H,3-8,10-11,13H2,1-2H3,(H,27,28)/t16-,18?/m0/s1. The van der Waals surface area contributed by atoms with Crippen molar-refractivity contribution in [2.75, 3.05) is 0 Å². The van der Waals surface area contributed by atoms with Crippen LogP contribution in [0.4, 0.5) is 0 Å². The normalized spacial score (nSPS) is 19.9. The van der Waals surface area contributed by atoms with Crippen LogP contribution in [0.15, 0.2) is 11.6 Å². The molecule has 3 rings (SSSR count). The van der Waals surface area contributed by atoms with Crippen molar-refractivity contribution in [1.82, 2.24) is 0 Å². The van der Waals surface area contributed by atoms with Gasteiger partial charge in [-0.25, -0.2) is 4.79 Å². The van der Waals surface area contributed by atoms with Gasteiger partial charge in [0.2, 0.25) is 0 Å². The predicted molar refractivity (Wildman–Crippen MR) is 112 cm³/mol. The lowest BCUT2D eigenvalue weighted by Gasteiger charge is -2.35. The van der Waals surface area contributed by atoms with Crippen LogP contribution in [0.1, 0.15) is 89.3 Å². The fraction of sp³-hybridized carbons (Fsp3) is 0.542. The molecule has 1 aromatic carbocycles. The monoisotopic (exact) mass is 414 g/mol. The van der Waals surface area contributed by atoms with Gasteiger partial charge in [0.15, 0.2) is 6.29 Å². The molecule has 1 aliphatic carbocycles. The Morgan fingerprint density at radius 2 is 2.07 bits per heavy atom. The zero-order chi connectivity index (χ0) is 21.8. The van der Waals surface area contributed by atoms with Crippen molar-refractivity contribution < 1.29 is 29.3 Å². The summed E-state index contributed by atoms with van der Waals surface area (Å²) in [6.45, 7) is 3.95. The molecule has 162 valence electrons. The van der Waals surface area contributed by atoms with Gasteiger partial charge in [-0.15, -0.1) is 0 Å². The van der Waals surface area contributed by atoms with Gasteiger partial charge in [-0.1, -0.05) is 44.3 Å². The third kappa shape index (κ3) is 4.13. The summed E-state index contributed by atoms with van der Waals surface area (Å²) in [5, 5.41) is 20.4. The molecule has 2 atom stereocenters. The molecule has 1 heterocycles. The Balaban J connectivity index is 1.81. The molecule has 1 aromatic rings. The average molecular weight is 414 g/mol. The number of rotatable bonds is 10. The van der Waals surface area contributed by atoms with Crippen LogP contribution in [0.2, 0.25) is 0 Å². The molecule has 1 saturated carbocycles. The first-order valence-electron chi connectivity index (χ1n) is 10.8. The quantitative estimate of drug-likeness (QED) is 0.248. The first-order valence-corrected chi connectivity index (χ1v) is 10.8. The van der Waals surface area contributed by atoms with Crippen molar-refractivity contribution in [3.63, 3.8) is 0 Å². The first kappa shape index (κ1) is 22.1. The number of carbonyl (C=O) groups excluding carboxylic acids is 2. The molecule has 0 bridgehead atoms. The highest BCUT2D eigenvalue weighted by Crippen LogP contribution is 2.43. The van der Waals surface area contributed by atoms with Gasteiger partial charge >= 0.3 is 11.9 Å². The van der Waals surface area contributed by atoms with Crippen LogP contribution in [0, 0.1) is 18.8 Å². The maximum Gasteiger partial charge on any atom is 0.342 e. The summed E-state index contributed by atoms with van der Waals surface area (Å²) in [7, 11) is 0. The lowest BCUT2D eigenvalue weighted by Crippen LogP contribution is -2.31. The minimum Gasteiger partial charge on any atom is -0.507 e. The number of benzene rings is 1. The van der Waals surface area contributed by atoms with E-state index < -0.39 is 17.9 Å². The Morgan fingerprint density at radius 3 is 2.67 bits per heavy atom. The summed E-state index contributed by atoms with van der Waals surface area (Å²) >= 11 is 0. The number of phenols is 1. The van der Waals surface area contributed by atoms with Crippen molar-refractivity contribution in [3.05, 3.63) is 39.5 Å². The molecule has 0 amide bonds. The third-order valence-corrected chi connectivity index (χ3v) is 6.64. The third-order valence-electron chi connectivity index (χ3n) is 6.64. The number of phenolic OH excluding ortho intramolecular Hbond substituents is 1. The summed E-state index contributed by atoms with van der Waals surface area (Å²) in [6.07, 6.45) is 9.47. The molecular weight excluding hydrogens is 384 g/mol.